The second kappa shape index (κ2) is 8.28. The number of nitrogens with zero attached hydrogens (tertiary/aromatic N) is 1. The minimum absolute atomic E-state index is 0.153. The van der Waals surface area contributed by atoms with E-state index in [1.807, 2.05) is 13.1 Å². The first-order valence-corrected chi connectivity index (χ1v) is 8.72. The first-order chi connectivity index (χ1) is 10.1. The van der Waals surface area contributed by atoms with Crippen molar-refractivity contribution in [2.75, 3.05) is 20.6 Å². The van der Waals surface area contributed by atoms with E-state index in [-0.39, 0.29) is 6.10 Å². The number of aliphatic hydroxyl groups excluding tert-OH is 1. The molecule has 2 N–H and O–H groups in total. The number of halogens is 1. The molecule has 0 saturated heterocycles. The monoisotopic (exact) mass is 354 g/mol. The summed E-state index contributed by atoms with van der Waals surface area (Å²) in [5, 5.41) is 13.6. The Bertz CT molecular complexity index is 441. The predicted octanol–water partition coefficient (Wildman–Crippen LogP) is 3.34. The van der Waals surface area contributed by atoms with Gasteiger partial charge in [0.25, 0.3) is 0 Å². The van der Waals surface area contributed by atoms with Crippen LogP contribution < -0.4 is 5.32 Å². The Balaban J connectivity index is 1.92. The van der Waals surface area contributed by atoms with Gasteiger partial charge in [-0.2, -0.15) is 0 Å². The minimum Gasteiger partial charge on any atom is -0.391 e. The van der Waals surface area contributed by atoms with Gasteiger partial charge in [-0.3, -0.25) is 0 Å². The molecule has 0 aromatic heterocycles. The fourth-order valence-corrected chi connectivity index (χ4v) is 3.88. The number of hydrogen-bond acceptors (Lipinski definition) is 3. The highest BCUT2D eigenvalue weighted by atomic mass is 79.9. The summed E-state index contributed by atoms with van der Waals surface area (Å²) in [5.41, 5.74) is 1.30. The van der Waals surface area contributed by atoms with Crippen molar-refractivity contribution in [1.82, 2.24) is 10.2 Å². The van der Waals surface area contributed by atoms with Crippen LogP contribution in [0.25, 0.3) is 0 Å². The quantitative estimate of drug-likeness (QED) is 0.822. The molecular formula is C17H27BrN2O. The van der Waals surface area contributed by atoms with Gasteiger partial charge in [-0.25, -0.2) is 0 Å². The summed E-state index contributed by atoms with van der Waals surface area (Å²) in [6.45, 7) is 0.995. The van der Waals surface area contributed by atoms with Crippen LogP contribution in [0, 0.1) is 0 Å². The van der Waals surface area contributed by atoms with E-state index in [1.54, 1.807) is 0 Å². The highest BCUT2D eigenvalue weighted by Crippen LogP contribution is 2.27. The molecule has 0 spiro atoms. The summed E-state index contributed by atoms with van der Waals surface area (Å²) >= 11 is 3.64. The van der Waals surface area contributed by atoms with Gasteiger partial charge in [0.15, 0.2) is 0 Å². The molecule has 1 fully saturated rings. The Morgan fingerprint density at radius 2 is 2.05 bits per heavy atom. The van der Waals surface area contributed by atoms with Gasteiger partial charge in [-0.1, -0.05) is 47.0 Å². The van der Waals surface area contributed by atoms with E-state index in [2.05, 4.69) is 51.4 Å². The van der Waals surface area contributed by atoms with Crippen molar-refractivity contribution in [2.45, 2.75) is 50.3 Å². The molecule has 0 heterocycles. The van der Waals surface area contributed by atoms with Crippen LogP contribution in [-0.4, -0.2) is 42.8 Å². The molecule has 0 aliphatic heterocycles. The average molecular weight is 355 g/mol. The van der Waals surface area contributed by atoms with E-state index in [1.165, 1.54) is 18.4 Å². The molecule has 0 amide bonds. The summed E-state index contributed by atoms with van der Waals surface area (Å²) < 4.78 is 1.16. The maximum Gasteiger partial charge on any atom is 0.0695 e. The highest BCUT2D eigenvalue weighted by molar-refractivity contribution is 9.10. The summed E-state index contributed by atoms with van der Waals surface area (Å²) in [6.07, 6.45) is 5.37. The maximum absolute atomic E-state index is 10.2. The van der Waals surface area contributed by atoms with Crippen molar-refractivity contribution in [2.24, 2.45) is 0 Å². The van der Waals surface area contributed by atoms with Crippen LogP contribution in [0.2, 0.25) is 0 Å². The summed E-state index contributed by atoms with van der Waals surface area (Å²) in [6, 6.07) is 9.05. The Labute approximate surface area is 136 Å². The second-order valence-corrected chi connectivity index (χ2v) is 6.91. The van der Waals surface area contributed by atoms with Gasteiger partial charge < -0.3 is 15.3 Å². The van der Waals surface area contributed by atoms with Gasteiger partial charge in [0.05, 0.1) is 6.10 Å². The number of hydrogen-bond donors (Lipinski definition) is 2. The van der Waals surface area contributed by atoms with E-state index in [0.717, 1.165) is 30.3 Å². The molecular weight excluding hydrogens is 328 g/mol. The molecule has 1 aromatic rings. The van der Waals surface area contributed by atoms with Crippen molar-refractivity contribution in [3.63, 3.8) is 0 Å². The minimum atomic E-state index is -0.153. The highest BCUT2D eigenvalue weighted by Gasteiger charge is 2.26. The van der Waals surface area contributed by atoms with Crippen LogP contribution in [0.4, 0.5) is 0 Å². The Hall–Kier alpha value is -0.420. The Kier molecular flexibility index (Phi) is 6.68. The lowest BCUT2D eigenvalue weighted by atomic mass is 9.91. The maximum atomic E-state index is 10.2. The van der Waals surface area contributed by atoms with Gasteiger partial charge in [0.2, 0.25) is 0 Å². The van der Waals surface area contributed by atoms with Gasteiger partial charge in [-0.05, 0) is 45.0 Å². The van der Waals surface area contributed by atoms with Crippen LogP contribution in [-0.2, 0) is 0 Å². The van der Waals surface area contributed by atoms with Crippen LogP contribution >= 0.6 is 15.9 Å². The van der Waals surface area contributed by atoms with Crippen molar-refractivity contribution < 1.29 is 5.11 Å². The summed E-state index contributed by atoms with van der Waals surface area (Å²) in [4.78, 5) is 2.34. The number of rotatable bonds is 6. The van der Waals surface area contributed by atoms with Gasteiger partial charge in [0, 0.05) is 23.1 Å². The Morgan fingerprint density at radius 1 is 1.33 bits per heavy atom. The van der Waals surface area contributed by atoms with Crippen molar-refractivity contribution in [1.29, 1.82) is 0 Å². The molecule has 118 valence electrons. The molecule has 3 unspecified atom stereocenters. The number of benzene rings is 1. The molecule has 0 radical (unpaired) electrons. The molecule has 2 rings (SSSR count). The van der Waals surface area contributed by atoms with Crippen LogP contribution in [0.15, 0.2) is 28.7 Å². The standard InChI is InChI=1S/C17H27BrN2O/c1-19-15(13-7-3-4-8-14(13)18)11-12-20(2)16-9-5-6-10-17(16)21/h3-4,7-8,15-17,19,21H,5-6,9-12H2,1-2H3. The zero-order chi connectivity index (χ0) is 15.2. The van der Waals surface area contributed by atoms with Crippen LogP contribution in [0.3, 0.4) is 0 Å². The van der Waals surface area contributed by atoms with E-state index in [0.29, 0.717) is 12.1 Å². The average Bonchev–Trinajstić information content (AvgIpc) is 2.49. The smallest absolute Gasteiger partial charge is 0.0695 e. The molecule has 1 aromatic carbocycles. The van der Waals surface area contributed by atoms with Crippen LogP contribution in [0.5, 0.6) is 0 Å². The molecule has 1 aliphatic rings. The van der Waals surface area contributed by atoms with Gasteiger partial charge in [0.1, 0.15) is 0 Å². The lowest BCUT2D eigenvalue weighted by molar-refractivity contribution is 0.0307. The lowest BCUT2D eigenvalue weighted by Crippen LogP contribution is -2.44. The molecule has 0 bridgehead atoms. The van der Waals surface area contributed by atoms with E-state index in [9.17, 15) is 5.11 Å². The predicted molar refractivity (Wildman–Crippen MR) is 91.5 cm³/mol. The molecule has 1 saturated carbocycles. The zero-order valence-electron chi connectivity index (χ0n) is 13.1. The molecule has 3 nitrogen and oxygen atoms in total. The number of likely N-dealkylation sites (N-methyl/N-ethyl adjacent to an activating group) is 1. The van der Waals surface area contributed by atoms with Crippen molar-refractivity contribution >= 4 is 15.9 Å². The second-order valence-electron chi connectivity index (χ2n) is 6.05. The molecule has 21 heavy (non-hydrogen) atoms. The zero-order valence-corrected chi connectivity index (χ0v) is 14.6. The fraction of sp³-hybridized carbons (Fsp3) is 0.647. The van der Waals surface area contributed by atoms with E-state index < -0.39 is 0 Å². The van der Waals surface area contributed by atoms with Crippen molar-refractivity contribution in [3.05, 3.63) is 34.3 Å². The number of nitrogens with one attached hydrogen (secondary N) is 1. The van der Waals surface area contributed by atoms with Gasteiger partial charge >= 0.3 is 0 Å². The van der Waals surface area contributed by atoms with Crippen LogP contribution in [0.1, 0.15) is 43.7 Å². The van der Waals surface area contributed by atoms with Gasteiger partial charge in [-0.15, -0.1) is 0 Å². The largest absolute Gasteiger partial charge is 0.391 e. The number of aliphatic hydroxyl groups is 1. The summed E-state index contributed by atoms with van der Waals surface area (Å²) in [7, 11) is 4.16. The van der Waals surface area contributed by atoms with E-state index in [4.69, 9.17) is 0 Å². The first-order valence-electron chi connectivity index (χ1n) is 7.93. The molecule has 4 heteroatoms. The molecule has 1 aliphatic carbocycles. The lowest BCUT2D eigenvalue weighted by Gasteiger charge is -2.36. The fourth-order valence-electron chi connectivity index (χ4n) is 3.32. The third-order valence-corrected chi connectivity index (χ3v) is 5.38. The molecule has 3 atom stereocenters. The first kappa shape index (κ1) is 16.9. The third-order valence-electron chi connectivity index (χ3n) is 4.66. The van der Waals surface area contributed by atoms with E-state index >= 15 is 0 Å². The van der Waals surface area contributed by atoms with Crippen molar-refractivity contribution in [3.8, 4) is 0 Å². The topological polar surface area (TPSA) is 35.5 Å². The normalized spacial score (nSPS) is 24.2. The summed E-state index contributed by atoms with van der Waals surface area (Å²) in [5.74, 6) is 0. The SMILES string of the molecule is CNC(CCN(C)C1CCCCC1O)c1ccccc1Br. The third kappa shape index (κ3) is 4.52. The Morgan fingerprint density at radius 3 is 2.71 bits per heavy atom.